The second kappa shape index (κ2) is 15.1. The summed E-state index contributed by atoms with van der Waals surface area (Å²) >= 11 is 0. The minimum Gasteiger partial charge on any atom is -0.394 e. The van der Waals surface area contributed by atoms with Crippen molar-refractivity contribution >= 4 is 35.4 Å². The van der Waals surface area contributed by atoms with Crippen molar-refractivity contribution in [3.63, 3.8) is 0 Å². The summed E-state index contributed by atoms with van der Waals surface area (Å²) in [6, 6.07) is 3.53. The number of aryl methyl sites for hydroxylation is 2. The summed E-state index contributed by atoms with van der Waals surface area (Å²) < 4.78 is 1.40. The maximum Gasteiger partial charge on any atom is 0.349 e. The van der Waals surface area contributed by atoms with Gasteiger partial charge in [-0.3, -0.25) is 25.9 Å². The van der Waals surface area contributed by atoms with Crippen molar-refractivity contribution in [2.45, 2.75) is 58.5 Å². The fourth-order valence-electron chi connectivity index (χ4n) is 3.46. The number of aromatic nitrogens is 4. The van der Waals surface area contributed by atoms with Gasteiger partial charge in [0, 0.05) is 6.54 Å². The van der Waals surface area contributed by atoms with Crippen LogP contribution in [0.2, 0.25) is 0 Å². The number of hydrogen-bond donors (Lipinski definition) is 10. The van der Waals surface area contributed by atoms with E-state index in [1.54, 1.807) is 12.1 Å². The number of aliphatic hydroxyl groups is 4. The number of halogens is 1. The molecule has 2 aliphatic heterocycles. The fraction of sp³-hybridized carbons (Fsp3) is 0.478. The maximum absolute atomic E-state index is 12.2. The highest BCUT2D eigenvalue weighted by molar-refractivity contribution is 5.94. The van der Waals surface area contributed by atoms with E-state index in [-0.39, 0.29) is 42.4 Å². The zero-order chi connectivity index (χ0) is 28.6. The molecule has 0 aromatic heterocycles. The van der Waals surface area contributed by atoms with Crippen LogP contribution in [0.25, 0.3) is 22.6 Å². The topological polar surface area (TPSA) is 259 Å². The van der Waals surface area contributed by atoms with Gasteiger partial charge < -0.3 is 36.0 Å². The van der Waals surface area contributed by atoms with Crippen LogP contribution >= 0.6 is 12.4 Å². The highest BCUT2D eigenvalue weighted by atomic mass is 35.5. The SMILES string of the molecule is CCCCNC(=N)NC(=N)N.Cc1cc2nc3c(=O)[nH]c(=O)nc-3n(C[C@H](O)[C@H](O)[C@H](O)CO)c2cc1C.Cl. The molecule has 0 radical (unpaired) electrons. The van der Waals surface area contributed by atoms with Gasteiger partial charge in [0.05, 0.1) is 24.2 Å². The standard InChI is InChI=1S/C17H20N4O6.C6H15N5.ClH/c1-7-3-9-10(4-8(7)2)21(5-11(23)14(25)12(24)6-22)15-13(18-9)16(26)20-17(27)19-15;1-2-3-4-10-6(9)11-5(7)8;/h3-4,11-12,14,22-25H,5-6H2,1-2H3,(H,20,26,27);2-4H2,1H3,(H6,7,8,9,10,11);1H/t11-,12+,14-;;/m0../s1. The average Bonchev–Trinajstić information content (AvgIpc) is 2.84. The van der Waals surface area contributed by atoms with E-state index >= 15 is 0 Å². The highest BCUT2D eigenvalue weighted by Crippen LogP contribution is 2.24. The van der Waals surface area contributed by atoms with Gasteiger partial charge in [0.15, 0.2) is 23.4 Å². The van der Waals surface area contributed by atoms with Crippen LogP contribution in [-0.2, 0) is 6.54 Å². The Morgan fingerprint density at radius 2 is 1.77 bits per heavy atom. The van der Waals surface area contributed by atoms with Gasteiger partial charge in [-0.1, -0.05) is 13.3 Å². The Balaban J connectivity index is 0.000000541. The first kappa shape index (κ1) is 33.4. The number of unbranched alkanes of at least 4 members (excludes halogenated alkanes) is 1. The zero-order valence-electron chi connectivity index (χ0n) is 21.9. The predicted molar refractivity (Wildman–Crippen MR) is 149 cm³/mol. The van der Waals surface area contributed by atoms with E-state index in [1.807, 2.05) is 13.8 Å². The van der Waals surface area contributed by atoms with Gasteiger partial charge in [-0.2, -0.15) is 4.98 Å². The lowest BCUT2D eigenvalue weighted by atomic mass is 10.1. The molecule has 39 heavy (non-hydrogen) atoms. The van der Waals surface area contributed by atoms with E-state index in [9.17, 15) is 24.9 Å². The zero-order valence-corrected chi connectivity index (χ0v) is 22.7. The summed E-state index contributed by atoms with van der Waals surface area (Å²) in [5.74, 6) is -0.172. The van der Waals surface area contributed by atoms with E-state index in [4.69, 9.17) is 21.7 Å². The molecule has 0 saturated carbocycles. The first-order valence-electron chi connectivity index (χ1n) is 11.9. The normalized spacial score (nSPS) is 13.0. The molecule has 0 unspecified atom stereocenters. The van der Waals surface area contributed by atoms with Crippen molar-refractivity contribution in [3.05, 3.63) is 44.1 Å². The number of H-pyrrole nitrogens is 1. The lowest BCUT2D eigenvalue weighted by Gasteiger charge is -2.25. The van der Waals surface area contributed by atoms with Crippen molar-refractivity contribution in [2.75, 3.05) is 13.2 Å². The molecule has 0 aliphatic carbocycles. The van der Waals surface area contributed by atoms with Crippen LogP contribution in [0.4, 0.5) is 0 Å². The van der Waals surface area contributed by atoms with E-state index in [0.717, 1.165) is 30.5 Å². The molecule has 0 spiro atoms. The van der Waals surface area contributed by atoms with Crippen molar-refractivity contribution in [1.82, 2.24) is 30.2 Å². The van der Waals surface area contributed by atoms with E-state index in [2.05, 4.69) is 32.5 Å². The number of hydrogen-bond acceptors (Lipinski definition) is 10. The molecule has 15 nitrogen and oxygen atoms in total. The van der Waals surface area contributed by atoms with Gasteiger partial charge in [0.1, 0.15) is 18.3 Å². The number of aromatic amines is 1. The number of rotatable bonds is 8. The molecule has 2 heterocycles. The van der Waals surface area contributed by atoms with Crippen molar-refractivity contribution in [1.29, 1.82) is 10.8 Å². The van der Waals surface area contributed by atoms with Gasteiger partial charge in [-0.05, 0) is 43.5 Å². The molecular weight excluding hydrogens is 534 g/mol. The summed E-state index contributed by atoms with van der Waals surface area (Å²) in [6.07, 6.45) is -2.58. The fourth-order valence-corrected chi connectivity index (χ4v) is 3.46. The first-order valence-corrected chi connectivity index (χ1v) is 11.9. The van der Waals surface area contributed by atoms with Crippen LogP contribution in [-0.4, -0.2) is 83.3 Å². The van der Waals surface area contributed by atoms with Crippen molar-refractivity contribution in [2.24, 2.45) is 5.73 Å². The van der Waals surface area contributed by atoms with Crippen LogP contribution < -0.4 is 27.6 Å². The third-order valence-corrected chi connectivity index (χ3v) is 5.66. The number of aliphatic hydroxyl groups excluding tert-OH is 4. The monoisotopic (exact) mass is 569 g/mol. The van der Waals surface area contributed by atoms with Gasteiger partial charge in [0.2, 0.25) is 0 Å². The number of benzene rings is 1. The Morgan fingerprint density at radius 3 is 2.36 bits per heavy atom. The number of guanidine groups is 2. The second-order valence-electron chi connectivity index (χ2n) is 8.69. The van der Waals surface area contributed by atoms with Gasteiger partial charge in [0.25, 0.3) is 5.56 Å². The molecule has 0 saturated heterocycles. The highest BCUT2D eigenvalue weighted by Gasteiger charge is 2.27. The summed E-state index contributed by atoms with van der Waals surface area (Å²) in [5.41, 5.74) is 6.10. The molecule has 216 valence electrons. The Morgan fingerprint density at radius 1 is 1.13 bits per heavy atom. The lowest BCUT2D eigenvalue weighted by Crippen LogP contribution is -2.43. The third kappa shape index (κ3) is 8.97. The summed E-state index contributed by atoms with van der Waals surface area (Å²) in [5, 5.41) is 57.8. The van der Waals surface area contributed by atoms with Crippen molar-refractivity contribution in [3.8, 4) is 11.5 Å². The third-order valence-electron chi connectivity index (χ3n) is 5.66. The summed E-state index contributed by atoms with van der Waals surface area (Å²) in [6.45, 7) is 5.55. The molecule has 0 fully saturated rings. The number of nitrogens with two attached hydrogens (primary N) is 1. The molecule has 3 rings (SSSR count). The summed E-state index contributed by atoms with van der Waals surface area (Å²) in [7, 11) is 0. The quantitative estimate of drug-likeness (QED) is 0.0645. The maximum atomic E-state index is 12.2. The number of nitrogens with one attached hydrogen (secondary N) is 5. The summed E-state index contributed by atoms with van der Waals surface area (Å²) in [4.78, 5) is 34.0. The predicted octanol–water partition coefficient (Wildman–Crippen LogP) is -1.51. The van der Waals surface area contributed by atoms with E-state index in [0.29, 0.717) is 11.0 Å². The Labute approximate surface area is 229 Å². The average molecular weight is 570 g/mol. The molecular formula is C23H36ClN9O6. The van der Waals surface area contributed by atoms with Crippen LogP contribution in [0.3, 0.4) is 0 Å². The van der Waals surface area contributed by atoms with Crippen LogP contribution in [0.15, 0.2) is 21.7 Å². The largest absolute Gasteiger partial charge is 0.394 e. The van der Waals surface area contributed by atoms with Crippen molar-refractivity contribution < 1.29 is 20.4 Å². The molecule has 0 amide bonds. The van der Waals surface area contributed by atoms with Crippen LogP contribution in [0.1, 0.15) is 30.9 Å². The molecule has 1 aromatic carbocycles. The molecule has 2 aliphatic rings. The molecule has 16 heteroatoms. The van der Waals surface area contributed by atoms with Gasteiger partial charge in [-0.15, -0.1) is 12.4 Å². The Hall–Kier alpha value is -3.63. The minimum atomic E-state index is -1.64. The lowest BCUT2D eigenvalue weighted by molar-refractivity contribution is -0.0802. The first-order chi connectivity index (χ1) is 17.9. The smallest absolute Gasteiger partial charge is 0.349 e. The molecule has 1 aromatic rings. The Bertz CT molecular complexity index is 1360. The van der Waals surface area contributed by atoms with Crippen LogP contribution in [0, 0.1) is 24.7 Å². The van der Waals surface area contributed by atoms with Crippen LogP contribution in [0.5, 0.6) is 0 Å². The molecule has 0 bridgehead atoms. The molecule has 11 N–H and O–H groups in total. The number of fused-ring (bicyclic) bond motifs is 2. The van der Waals surface area contributed by atoms with E-state index in [1.165, 1.54) is 4.57 Å². The molecule has 3 atom stereocenters. The van der Waals surface area contributed by atoms with Gasteiger partial charge >= 0.3 is 5.69 Å². The second-order valence-corrected chi connectivity index (χ2v) is 8.69. The van der Waals surface area contributed by atoms with Gasteiger partial charge in [-0.25, -0.2) is 9.78 Å². The number of nitrogens with zero attached hydrogens (tertiary/aromatic N) is 3. The van der Waals surface area contributed by atoms with E-state index < -0.39 is 36.2 Å². The Kier molecular flexibility index (Phi) is 12.9. The minimum absolute atomic E-state index is 0.